The van der Waals surface area contributed by atoms with Gasteiger partial charge in [0, 0.05) is 30.4 Å². The number of anilines is 2. The predicted molar refractivity (Wildman–Crippen MR) is 122 cm³/mol. The Bertz CT molecular complexity index is 940. The van der Waals surface area contributed by atoms with Crippen molar-refractivity contribution in [1.82, 2.24) is 9.88 Å². The zero-order chi connectivity index (χ0) is 22.8. The largest absolute Gasteiger partial charge is 0.465 e. The molecular weight excluding hydrogens is 416 g/mol. The molecule has 0 spiro atoms. The van der Waals surface area contributed by atoms with E-state index in [1.165, 1.54) is 18.4 Å². The van der Waals surface area contributed by atoms with Crippen LogP contribution in [0.3, 0.4) is 0 Å². The van der Waals surface area contributed by atoms with Crippen LogP contribution in [0.2, 0.25) is 0 Å². The van der Waals surface area contributed by atoms with E-state index in [1.54, 1.807) is 23.2 Å². The van der Waals surface area contributed by atoms with Gasteiger partial charge in [-0.15, -0.1) is 11.3 Å². The average Bonchev–Trinajstić information content (AvgIpc) is 3.16. The highest BCUT2D eigenvalue weighted by atomic mass is 32.1. The van der Waals surface area contributed by atoms with Crippen LogP contribution in [0.4, 0.5) is 16.3 Å². The van der Waals surface area contributed by atoms with Gasteiger partial charge in [0.2, 0.25) is 0 Å². The number of ether oxygens (including phenoxy) is 2. The van der Waals surface area contributed by atoms with Crippen LogP contribution in [0.1, 0.15) is 48.3 Å². The number of pyridine rings is 1. The highest BCUT2D eigenvalue weighted by molar-refractivity contribution is 7.12. The summed E-state index contributed by atoms with van der Waals surface area (Å²) in [5.74, 6) is -0.0322. The maximum absolute atomic E-state index is 13.4. The van der Waals surface area contributed by atoms with Crippen LogP contribution in [-0.2, 0) is 9.47 Å². The van der Waals surface area contributed by atoms with Gasteiger partial charge in [0.05, 0.1) is 13.2 Å². The molecule has 2 aromatic rings. The fraction of sp³-hybridized carbons (Fsp3) is 0.500. The van der Waals surface area contributed by atoms with E-state index in [2.05, 4.69) is 9.88 Å². The average molecular weight is 447 g/mol. The molecule has 3 heterocycles. The van der Waals surface area contributed by atoms with Crippen molar-refractivity contribution in [3.05, 3.63) is 40.2 Å². The van der Waals surface area contributed by atoms with Gasteiger partial charge in [-0.05, 0) is 63.9 Å². The normalized spacial score (nSPS) is 19.6. The molecule has 2 unspecified atom stereocenters. The van der Waals surface area contributed by atoms with Crippen molar-refractivity contribution in [2.45, 2.75) is 44.8 Å². The van der Waals surface area contributed by atoms with Crippen molar-refractivity contribution < 1.29 is 19.1 Å². The molecular formula is C22H30N4O4S. The number of nitrogens with two attached hydrogens (primary N) is 1. The number of nitrogen functional groups attached to an aromatic ring is 1. The smallest absolute Gasteiger partial charge is 0.416 e. The number of likely N-dealkylation sites (N-methyl/N-ethyl adjacent to an activating group) is 1. The first-order valence-corrected chi connectivity index (χ1v) is 11.1. The third kappa shape index (κ3) is 5.34. The van der Waals surface area contributed by atoms with Crippen molar-refractivity contribution in [2.75, 3.05) is 37.9 Å². The summed E-state index contributed by atoms with van der Waals surface area (Å²) in [6, 6.07) is 4.99. The molecule has 9 heteroatoms. The van der Waals surface area contributed by atoms with Crippen LogP contribution in [0, 0.1) is 0 Å². The van der Waals surface area contributed by atoms with Gasteiger partial charge >= 0.3 is 12.1 Å². The second-order valence-electron chi connectivity index (χ2n) is 8.72. The monoisotopic (exact) mass is 446 g/mol. The molecule has 0 saturated carbocycles. The van der Waals surface area contributed by atoms with Crippen LogP contribution < -0.4 is 10.6 Å². The zero-order valence-corrected chi connectivity index (χ0v) is 19.4. The van der Waals surface area contributed by atoms with Gasteiger partial charge in [0.15, 0.2) is 0 Å². The topological polar surface area (TPSA) is 98.0 Å². The van der Waals surface area contributed by atoms with E-state index in [-0.39, 0.29) is 17.9 Å². The van der Waals surface area contributed by atoms with E-state index in [0.717, 1.165) is 18.5 Å². The number of hydrogen-bond donors (Lipinski definition) is 1. The molecule has 1 aliphatic heterocycles. The number of nitrogens with zero attached hydrogens (tertiary/aromatic N) is 3. The molecule has 3 rings (SSSR count). The number of methoxy groups -OCH3 is 1. The Morgan fingerprint density at radius 3 is 2.71 bits per heavy atom. The minimum absolute atomic E-state index is 0.0905. The maximum atomic E-state index is 13.4. The van der Waals surface area contributed by atoms with Crippen LogP contribution in [0.15, 0.2) is 29.8 Å². The molecule has 1 saturated heterocycles. The summed E-state index contributed by atoms with van der Waals surface area (Å²) in [7, 11) is 3.39. The minimum atomic E-state index is -0.675. The van der Waals surface area contributed by atoms with E-state index >= 15 is 0 Å². The molecule has 1 fully saturated rings. The summed E-state index contributed by atoms with van der Waals surface area (Å²) in [4.78, 5) is 34.5. The van der Waals surface area contributed by atoms with Crippen LogP contribution >= 0.6 is 11.3 Å². The highest BCUT2D eigenvalue weighted by Gasteiger charge is 2.40. The number of piperidine rings is 1. The number of carbonyl (C=O) groups is 2. The van der Waals surface area contributed by atoms with Crippen molar-refractivity contribution in [2.24, 2.45) is 0 Å². The lowest BCUT2D eigenvalue weighted by Crippen LogP contribution is -2.54. The van der Waals surface area contributed by atoms with E-state index in [9.17, 15) is 9.59 Å². The molecule has 1 aliphatic rings. The number of likely N-dealkylation sites (tertiary alicyclic amines) is 1. The van der Waals surface area contributed by atoms with Crippen LogP contribution in [-0.4, -0.2) is 60.8 Å². The molecule has 168 valence electrons. The summed E-state index contributed by atoms with van der Waals surface area (Å²) in [6.07, 6.45) is 1.85. The van der Waals surface area contributed by atoms with E-state index < -0.39 is 11.7 Å². The number of hydrogen-bond acceptors (Lipinski definition) is 8. The lowest BCUT2D eigenvalue weighted by atomic mass is 9.84. The highest BCUT2D eigenvalue weighted by Crippen LogP contribution is 2.38. The summed E-state index contributed by atoms with van der Waals surface area (Å²) >= 11 is 1.35. The van der Waals surface area contributed by atoms with Gasteiger partial charge in [-0.1, -0.05) is 0 Å². The van der Waals surface area contributed by atoms with E-state index in [4.69, 9.17) is 15.2 Å². The first-order chi connectivity index (χ1) is 14.6. The van der Waals surface area contributed by atoms with Gasteiger partial charge < -0.3 is 20.1 Å². The van der Waals surface area contributed by atoms with Crippen molar-refractivity contribution in [1.29, 1.82) is 0 Å². The third-order valence-electron chi connectivity index (χ3n) is 5.19. The molecule has 31 heavy (non-hydrogen) atoms. The lowest BCUT2D eigenvalue weighted by Gasteiger charge is -2.43. The Balaban J connectivity index is 2.08. The van der Waals surface area contributed by atoms with Gasteiger partial charge in [-0.2, -0.15) is 0 Å². The Labute approximate surface area is 186 Å². The number of rotatable bonds is 4. The molecule has 2 atom stereocenters. The summed E-state index contributed by atoms with van der Waals surface area (Å²) < 4.78 is 10.7. The van der Waals surface area contributed by atoms with E-state index in [1.807, 2.05) is 39.3 Å². The number of aromatic nitrogens is 1. The number of esters is 1. The van der Waals surface area contributed by atoms with Crippen molar-refractivity contribution in [3.63, 3.8) is 0 Å². The molecule has 0 aromatic carbocycles. The molecule has 0 aliphatic carbocycles. The second kappa shape index (κ2) is 9.23. The van der Waals surface area contributed by atoms with Crippen molar-refractivity contribution in [3.8, 4) is 0 Å². The van der Waals surface area contributed by atoms with Gasteiger partial charge in [-0.3, -0.25) is 4.90 Å². The maximum Gasteiger partial charge on any atom is 0.416 e. The fourth-order valence-electron chi connectivity index (χ4n) is 3.86. The summed E-state index contributed by atoms with van der Waals surface area (Å²) in [6.45, 7) is 6.92. The number of thiophene rings is 1. The lowest BCUT2D eigenvalue weighted by molar-refractivity contribution is 0.0539. The quantitative estimate of drug-likeness (QED) is 0.715. The molecule has 2 N–H and O–H groups in total. The number of amides is 1. The minimum Gasteiger partial charge on any atom is -0.465 e. The first-order valence-electron chi connectivity index (χ1n) is 10.2. The standard InChI is InChI=1S/C22H30N4O4S/c1-22(2,3)30-21(28)26(18-12-14(23)6-9-24-18)17-13-25(4)10-7-15(17)16-8-11-31-19(16)20(27)29-5/h6,8-9,11-12,15,17H,7,10,13H2,1-5H3,(H2,23,24). The molecule has 0 bridgehead atoms. The molecule has 1 amide bonds. The van der Waals surface area contributed by atoms with Crippen LogP contribution in [0.5, 0.6) is 0 Å². The van der Waals surface area contributed by atoms with E-state index in [0.29, 0.717) is 22.9 Å². The van der Waals surface area contributed by atoms with Gasteiger partial charge in [0.1, 0.15) is 16.3 Å². The fourth-order valence-corrected chi connectivity index (χ4v) is 4.75. The zero-order valence-electron chi connectivity index (χ0n) is 18.6. The first kappa shape index (κ1) is 23.0. The SMILES string of the molecule is COC(=O)c1sccc1C1CCN(C)CC1N(C(=O)OC(C)(C)C)c1cc(N)ccn1. The Hall–Kier alpha value is -2.65. The van der Waals surface area contributed by atoms with Gasteiger partial charge in [-0.25, -0.2) is 14.6 Å². The summed E-state index contributed by atoms with van der Waals surface area (Å²) in [5, 5.41) is 1.88. The third-order valence-corrected chi connectivity index (χ3v) is 6.10. The Kier molecular flexibility index (Phi) is 6.86. The molecule has 2 aromatic heterocycles. The Morgan fingerprint density at radius 1 is 1.32 bits per heavy atom. The second-order valence-corrected chi connectivity index (χ2v) is 9.64. The predicted octanol–water partition coefficient (Wildman–Crippen LogP) is 3.74. The Morgan fingerprint density at radius 2 is 2.06 bits per heavy atom. The number of carbonyl (C=O) groups excluding carboxylic acids is 2. The summed E-state index contributed by atoms with van der Waals surface area (Å²) in [5.41, 5.74) is 6.71. The molecule has 0 radical (unpaired) electrons. The van der Waals surface area contributed by atoms with Gasteiger partial charge in [0.25, 0.3) is 0 Å². The molecule has 8 nitrogen and oxygen atoms in total. The van der Waals surface area contributed by atoms with Crippen LogP contribution in [0.25, 0.3) is 0 Å². The van der Waals surface area contributed by atoms with Crippen molar-refractivity contribution >= 4 is 34.9 Å².